The summed E-state index contributed by atoms with van der Waals surface area (Å²) in [6.07, 6.45) is 2.52. The number of aryl methyl sites for hydroxylation is 2. The molecule has 0 saturated carbocycles. The van der Waals surface area contributed by atoms with Gasteiger partial charge in [0.25, 0.3) is 5.56 Å². The summed E-state index contributed by atoms with van der Waals surface area (Å²) in [5, 5.41) is 0. The molecule has 0 spiro atoms. The van der Waals surface area contributed by atoms with Gasteiger partial charge >= 0.3 is 5.97 Å². The first-order valence-electron chi connectivity index (χ1n) is 6.62. The van der Waals surface area contributed by atoms with Crippen LogP contribution in [0.5, 0.6) is 0 Å². The van der Waals surface area contributed by atoms with E-state index in [0.717, 1.165) is 12.0 Å². The minimum atomic E-state index is -0.307. The number of nitrogens with zero attached hydrogens (tertiary/aromatic N) is 1. The van der Waals surface area contributed by atoms with Crippen LogP contribution in [0.25, 0.3) is 0 Å². The molecule has 1 aromatic carbocycles. The number of benzene rings is 1. The Morgan fingerprint density at radius 1 is 1.15 bits per heavy atom. The van der Waals surface area contributed by atoms with Gasteiger partial charge in [-0.25, -0.2) is 4.79 Å². The predicted octanol–water partition coefficient (Wildman–Crippen LogP) is 2.27. The van der Waals surface area contributed by atoms with Crippen molar-refractivity contribution < 1.29 is 9.53 Å². The molecule has 4 nitrogen and oxygen atoms in total. The molecule has 1 aromatic heterocycles. The highest BCUT2D eigenvalue weighted by molar-refractivity contribution is 5.89. The van der Waals surface area contributed by atoms with Crippen LogP contribution < -0.4 is 5.56 Å². The second kappa shape index (κ2) is 6.70. The lowest BCUT2D eigenvalue weighted by Gasteiger charge is -2.06. The first kappa shape index (κ1) is 14.1. The zero-order valence-corrected chi connectivity index (χ0v) is 11.4. The van der Waals surface area contributed by atoms with Crippen LogP contribution in [0.1, 0.15) is 22.8 Å². The number of carbonyl (C=O) groups is 1. The SMILES string of the molecule is CCOC(=O)c1ccc(CCn2ccccc2=O)cc1. The van der Waals surface area contributed by atoms with Gasteiger partial charge in [-0.1, -0.05) is 18.2 Å². The third-order valence-electron chi connectivity index (χ3n) is 3.01. The predicted molar refractivity (Wildman–Crippen MR) is 76.8 cm³/mol. The molecule has 0 unspecified atom stereocenters. The largest absolute Gasteiger partial charge is 0.462 e. The van der Waals surface area contributed by atoms with Crippen LogP contribution in [0.3, 0.4) is 0 Å². The summed E-state index contributed by atoms with van der Waals surface area (Å²) in [6, 6.07) is 12.4. The highest BCUT2D eigenvalue weighted by Crippen LogP contribution is 2.07. The summed E-state index contributed by atoms with van der Waals surface area (Å²) < 4.78 is 6.59. The minimum Gasteiger partial charge on any atom is -0.462 e. The van der Waals surface area contributed by atoms with Crippen molar-refractivity contribution >= 4 is 5.97 Å². The lowest BCUT2D eigenvalue weighted by molar-refractivity contribution is 0.0526. The van der Waals surface area contributed by atoms with E-state index in [-0.39, 0.29) is 11.5 Å². The van der Waals surface area contributed by atoms with Crippen molar-refractivity contribution in [3.05, 3.63) is 70.1 Å². The van der Waals surface area contributed by atoms with Crippen molar-refractivity contribution in [2.24, 2.45) is 0 Å². The Bertz CT molecular complexity index is 629. The van der Waals surface area contributed by atoms with Crippen LogP contribution in [0.4, 0.5) is 0 Å². The molecule has 0 saturated heterocycles. The van der Waals surface area contributed by atoms with E-state index in [0.29, 0.717) is 18.7 Å². The maximum absolute atomic E-state index is 11.6. The number of rotatable bonds is 5. The lowest BCUT2D eigenvalue weighted by atomic mass is 10.1. The Morgan fingerprint density at radius 2 is 1.90 bits per heavy atom. The summed E-state index contributed by atoms with van der Waals surface area (Å²) in [5.74, 6) is -0.307. The van der Waals surface area contributed by atoms with Gasteiger partial charge in [0.15, 0.2) is 0 Å². The molecule has 4 heteroatoms. The van der Waals surface area contributed by atoms with Crippen molar-refractivity contribution in [1.82, 2.24) is 4.57 Å². The molecule has 2 aromatic rings. The van der Waals surface area contributed by atoms with E-state index in [9.17, 15) is 9.59 Å². The molecular formula is C16H17NO3. The van der Waals surface area contributed by atoms with Crippen LogP contribution in [-0.4, -0.2) is 17.1 Å². The highest BCUT2D eigenvalue weighted by Gasteiger charge is 2.05. The Balaban J connectivity index is 1.99. The maximum atomic E-state index is 11.6. The monoisotopic (exact) mass is 271 g/mol. The molecular weight excluding hydrogens is 254 g/mol. The Labute approximate surface area is 117 Å². The van der Waals surface area contributed by atoms with Gasteiger partial charge in [0.2, 0.25) is 0 Å². The summed E-state index contributed by atoms with van der Waals surface area (Å²) in [7, 11) is 0. The average molecular weight is 271 g/mol. The standard InChI is InChI=1S/C16H17NO3/c1-2-20-16(19)14-8-6-13(7-9-14)10-12-17-11-4-3-5-15(17)18/h3-9,11H,2,10,12H2,1H3. The molecule has 104 valence electrons. The second-order valence-corrected chi connectivity index (χ2v) is 4.40. The molecule has 1 heterocycles. The quantitative estimate of drug-likeness (QED) is 0.784. The topological polar surface area (TPSA) is 48.3 Å². The van der Waals surface area contributed by atoms with E-state index < -0.39 is 0 Å². The molecule has 0 atom stereocenters. The van der Waals surface area contributed by atoms with Gasteiger partial charge in [0, 0.05) is 18.8 Å². The fourth-order valence-corrected chi connectivity index (χ4v) is 1.92. The number of esters is 1. The fraction of sp³-hybridized carbons (Fsp3) is 0.250. The Morgan fingerprint density at radius 3 is 2.55 bits per heavy atom. The normalized spacial score (nSPS) is 10.2. The molecule has 2 rings (SSSR count). The first-order chi connectivity index (χ1) is 9.70. The number of carbonyl (C=O) groups excluding carboxylic acids is 1. The highest BCUT2D eigenvalue weighted by atomic mass is 16.5. The van der Waals surface area contributed by atoms with Crippen molar-refractivity contribution in [2.45, 2.75) is 19.9 Å². The van der Waals surface area contributed by atoms with Crippen molar-refractivity contribution in [3.63, 3.8) is 0 Å². The first-order valence-corrected chi connectivity index (χ1v) is 6.62. The van der Waals surface area contributed by atoms with E-state index in [1.807, 2.05) is 18.2 Å². The third kappa shape index (κ3) is 3.57. The van der Waals surface area contributed by atoms with Gasteiger partial charge in [-0.2, -0.15) is 0 Å². The van der Waals surface area contributed by atoms with Crippen molar-refractivity contribution in [2.75, 3.05) is 6.61 Å². The van der Waals surface area contributed by atoms with E-state index in [4.69, 9.17) is 4.74 Å². The van der Waals surface area contributed by atoms with Gasteiger partial charge in [0.1, 0.15) is 0 Å². The average Bonchev–Trinajstić information content (AvgIpc) is 2.47. The van der Waals surface area contributed by atoms with Crippen molar-refractivity contribution in [1.29, 1.82) is 0 Å². The number of pyridine rings is 1. The fourth-order valence-electron chi connectivity index (χ4n) is 1.92. The lowest BCUT2D eigenvalue weighted by Crippen LogP contribution is -2.18. The number of hydrogen-bond acceptors (Lipinski definition) is 3. The summed E-state index contributed by atoms with van der Waals surface area (Å²) in [6.45, 7) is 2.78. The summed E-state index contributed by atoms with van der Waals surface area (Å²) in [4.78, 5) is 23.1. The molecule has 0 aliphatic heterocycles. The third-order valence-corrected chi connectivity index (χ3v) is 3.01. The van der Waals surface area contributed by atoms with E-state index in [2.05, 4.69) is 0 Å². The molecule has 0 bridgehead atoms. The number of ether oxygens (including phenoxy) is 1. The Kier molecular flexibility index (Phi) is 4.71. The molecule has 0 aliphatic carbocycles. The van der Waals surface area contributed by atoms with Crippen LogP contribution in [0.15, 0.2) is 53.5 Å². The summed E-state index contributed by atoms with van der Waals surface area (Å²) >= 11 is 0. The summed E-state index contributed by atoms with van der Waals surface area (Å²) in [5.41, 5.74) is 1.62. The van der Waals surface area contributed by atoms with Gasteiger partial charge in [-0.3, -0.25) is 4.79 Å². The van der Waals surface area contributed by atoms with E-state index >= 15 is 0 Å². The second-order valence-electron chi connectivity index (χ2n) is 4.40. The zero-order valence-electron chi connectivity index (χ0n) is 11.4. The molecule has 20 heavy (non-hydrogen) atoms. The number of hydrogen-bond donors (Lipinski definition) is 0. The molecule has 0 fully saturated rings. The smallest absolute Gasteiger partial charge is 0.338 e. The van der Waals surface area contributed by atoms with Gasteiger partial charge in [0.05, 0.1) is 12.2 Å². The van der Waals surface area contributed by atoms with Gasteiger partial charge < -0.3 is 9.30 Å². The van der Waals surface area contributed by atoms with Crippen LogP contribution in [-0.2, 0) is 17.7 Å². The zero-order chi connectivity index (χ0) is 14.4. The van der Waals surface area contributed by atoms with E-state index in [1.165, 1.54) is 0 Å². The van der Waals surface area contributed by atoms with Crippen LogP contribution in [0, 0.1) is 0 Å². The molecule has 0 radical (unpaired) electrons. The van der Waals surface area contributed by atoms with Crippen molar-refractivity contribution in [3.8, 4) is 0 Å². The van der Waals surface area contributed by atoms with Gasteiger partial charge in [-0.15, -0.1) is 0 Å². The van der Waals surface area contributed by atoms with Crippen LogP contribution >= 0.6 is 0 Å². The molecule has 0 amide bonds. The maximum Gasteiger partial charge on any atom is 0.338 e. The van der Waals surface area contributed by atoms with E-state index in [1.54, 1.807) is 42.0 Å². The van der Waals surface area contributed by atoms with Gasteiger partial charge in [-0.05, 0) is 37.1 Å². The minimum absolute atomic E-state index is 0.00403. The molecule has 0 aliphatic rings. The van der Waals surface area contributed by atoms with Crippen LogP contribution in [0.2, 0.25) is 0 Å². The Hall–Kier alpha value is -2.36. The number of aromatic nitrogens is 1. The molecule has 0 N–H and O–H groups in total.